The van der Waals surface area contributed by atoms with Gasteiger partial charge in [0.05, 0.1) is 13.2 Å². The minimum Gasteiger partial charge on any atom is -0.494 e. The van der Waals surface area contributed by atoms with E-state index in [1.807, 2.05) is 0 Å². The van der Waals surface area contributed by atoms with Crippen molar-refractivity contribution in [3.05, 3.63) is 29.8 Å². The van der Waals surface area contributed by atoms with Crippen molar-refractivity contribution >= 4 is 24.4 Å². The zero-order chi connectivity index (χ0) is 15.7. The van der Waals surface area contributed by atoms with Gasteiger partial charge in [-0.1, -0.05) is 13.3 Å². The van der Waals surface area contributed by atoms with Gasteiger partial charge in [0.15, 0.2) is 5.78 Å². The molecule has 1 aromatic rings. The average molecular weight is 311 g/mol. The van der Waals surface area contributed by atoms with Gasteiger partial charge in [-0.25, -0.2) is 0 Å². The second kappa shape index (κ2) is 9.41. The van der Waals surface area contributed by atoms with E-state index < -0.39 is 12.0 Å². The second-order valence-corrected chi connectivity index (χ2v) is 4.97. The highest BCUT2D eigenvalue weighted by Crippen LogP contribution is 2.13. The van der Waals surface area contributed by atoms with Crippen LogP contribution in [0.3, 0.4) is 0 Å². The number of hydrogen-bond acceptors (Lipinski definition) is 5. The van der Waals surface area contributed by atoms with E-state index in [4.69, 9.17) is 9.84 Å². The minimum absolute atomic E-state index is 0.0342. The quantitative estimate of drug-likeness (QED) is 0.350. The molecule has 116 valence electrons. The zero-order valence-electron chi connectivity index (χ0n) is 12.0. The number of ketones is 1. The topological polar surface area (TPSA) is 75.6 Å². The number of aliphatic carboxylic acids is 1. The van der Waals surface area contributed by atoms with Gasteiger partial charge in [-0.3, -0.25) is 14.9 Å². The molecule has 0 aromatic heterocycles. The SMILES string of the molecule is CCCCOc1ccc(C(=O)CNC(CS)C(=O)O)cc1. The van der Waals surface area contributed by atoms with Gasteiger partial charge >= 0.3 is 5.97 Å². The molecule has 0 radical (unpaired) electrons. The molecule has 0 aliphatic carbocycles. The van der Waals surface area contributed by atoms with Crippen LogP contribution in [0, 0.1) is 0 Å². The van der Waals surface area contributed by atoms with E-state index in [1.54, 1.807) is 24.3 Å². The molecule has 0 saturated heterocycles. The maximum absolute atomic E-state index is 11.9. The van der Waals surface area contributed by atoms with Crippen molar-refractivity contribution in [1.29, 1.82) is 0 Å². The van der Waals surface area contributed by atoms with Crippen LogP contribution in [-0.4, -0.2) is 41.8 Å². The lowest BCUT2D eigenvalue weighted by Gasteiger charge is -2.11. The van der Waals surface area contributed by atoms with Gasteiger partial charge in [-0.2, -0.15) is 12.6 Å². The Morgan fingerprint density at radius 1 is 1.33 bits per heavy atom. The summed E-state index contributed by atoms with van der Waals surface area (Å²) in [5, 5.41) is 11.5. The van der Waals surface area contributed by atoms with E-state index in [9.17, 15) is 9.59 Å². The maximum Gasteiger partial charge on any atom is 0.321 e. The van der Waals surface area contributed by atoms with Crippen molar-refractivity contribution in [3.63, 3.8) is 0 Å². The number of carbonyl (C=O) groups is 2. The second-order valence-electron chi connectivity index (χ2n) is 4.60. The third-order valence-corrected chi connectivity index (χ3v) is 3.30. The number of unbranched alkanes of at least 4 members (excludes halogenated alkanes) is 1. The molecule has 5 nitrogen and oxygen atoms in total. The summed E-state index contributed by atoms with van der Waals surface area (Å²) < 4.78 is 5.51. The first-order valence-electron chi connectivity index (χ1n) is 6.91. The molecule has 0 aliphatic heterocycles. The van der Waals surface area contributed by atoms with Gasteiger partial charge in [0.25, 0.3) is 0 Å². The van der Waals surface area contributed by atoms with E-state index >= 15 is 0 Å². The van der Waals surface area contributed by atoms with E-state index in [0.717, 1.165) is 18.6 Å². The van der Waals surface area contributed by atoms with E-state index in [1.165, 1.54) is 0 Å². The van der Waals surface area contributed by atoms with Crippen LogP contribution in [0.1, 0.15) is 30.1 Å². The number of nitrogens with one attached hydrogen (secondary N) is 1. The first-order valence-corrected chi connectivity index (χ1v) is 7.54. The zero-order valence-corrected chi connectivity index (χ0v) is 12.9. The Hall–Kier alpha value is -1.53. The monoisotopic (exact) mass is 311 g/mol. The highest BCUT2D eigenvalue weighted by Gasteiger charge is 2.16. The lowest BCUT2D eigenvalue weighted by molar-refractivity contribution is -0.138. The number of Topliss-reactive ketones (excluding diaryl/α,β-unsaturated/α-hetero) is 1. The van der Waals surface area contributed by atoms with Crippen LogP contribution < -0.4 is 10.1 Å². The fourth-order valence-electron chi connectivity index (χ4n) is 1.62. The predicted octanol–water partition coefficient (Wildman–Crippen LogP) is 2.02. The molecule has 0 fully saturated rings. The van der Waals surface area contributed by atoms with Crippen LogP contribution in [0.4, 0.5) is 0 Å². The number of carbonyl (C=O) groups excluding carboxylic acids is 1. The Morgan fingerprint density at radius 2 is 2.00 bits per heavy atom. The summed E-state index contributed by atoms with van der Waals surface area (Å²) in [5.41, 5.74) is 0.522. The summed E-state index contributed by atoms with van der Waals surface area (Å²) in [6.07, 6.45) is 2.06. The molecule has 0 bridgehead atoms. The third kappa shape index (κ3) is 6.18. The molecule has 0 aliphatic rings. The van der Waals surface area contributed by atoms with Crippen molar-refractivity contribution in [2.75, 3.05) is 18.9 Å². The van der Waals surface area contributed by atoms with Crippen molar-refractivity contribution in [2.45, 2.75) is 25.8 Å². The van der Waals surface area contributed by atoms with E-state index in [-0.39, 0.29) is 18.1 Å². The van der Waals surface area contributed by atoms with Crippen molar-refractivity contribution < 1.29 is 19.4 Å². The number of hydrogen-bond donors (Lipinski definition) is 3. The number of benzene rings is 1. The lowest BCUT2D eigenvalue weighted by Crippen LogP contribution is -2.41. The Kier molecular flexibility index (Phi) is 7.85. The molecule has 21 heavy (non-hydrogen) atoms. The largest absolute Gasteiger partial charge is 0.494 e. The van der Waals surface area contributed by atoms with Crippen molar-refractivity contribution in [3.8, 4) is 5.75 Å². The maximum atomic E-state index is 11.9. The first kappa shape index (κ1) is 17.5. The highest BCUT2D eigenvalue weighted by atomic mass is 32.1. The van der Waals surface area contributed by atoms with Gasteiger partial charge in [0.1, 0.15) is 11.8 Å². The molecule has 1 atom stereocenters. The number of thiol groups is 1. The van der Waals surface area contributed by atoms with Crippen LogP contribution in [0.25, 0.3) is 0 Å². The number of carboxylic acid groups (broad SMARTS) is 1. The fraction of sp³-hybridized carbons (Fsp3) is 0.467. The predicted molar refractivity (Wildman–Crippen MR) is 84.5 cm³/mol. The van der Waals surface area contributed by atoms with Gasteiger partial charge in [-0.15, -0.1) is 0 Å². The van der Waals surface area contributed by atoms with Crippen LogP contribution in [0.2, 0.25) is 0 Å². The summed E-state index contributed by atoms with van der Waals surface area (Å²) in [6.45, 7) is 2.72. The first-order chi connectivity index (χ1) is 10.1. The Morgan fingerprint density at radius 3 is 2.52 bits per heavy atom. The van der Waals surface area contributed by atoms with E-state index in [0.29, 0.717) is 12.2 Å². The Labute approximate surface area is 130 Å². The summed E-state index contributed by atoms with van der Waals surface area (Å²) in [6, 6.07) is 6.03. The molecular weight excluding hydrogens is 290 g/mol. The van der Waals surface area contributed by atoms with E-state index in [2.05, 4.69) is 24.9 Å². The number of carboxylic acids is 1. The van der Waals surface area contributed by atoms with Crippen LogP contribution in [0.5, 0.6) is 5.75 Å². The lowest BCUT2D eigenvalue weighted by atomic mass is 10.1. The van der Waals surface area contributed by atoms with Gasteiger partial charge in [0, 0.05) is 11.3 Å². The number of rotatable bonds is 10. The Balaban J connectivity index is 2.49. The molecule has 0 saturated carbocycles. The van der Waals surface area contributed by atoms with Gasteiger partial charge in [0.2, 0.25) is 0 Å². The molecule has 1 rings (SSSR count). The molecule has 0 spiro atoms. The fourth-order valence-corrected chi connectivity index (χ4v) is 1.90. The van der Waals surface area contributed by atoms with Gasteiger partial charge < -0.3 is 9.84 Å². The molecular formula is C15H21NO4S. The van der Waals surface area contributed by atoms with Crippen LogP contribution >= 0.6 is 12.6 Å². The molecule has 1 unspecified atom stereocenters. The highest BCUT2D eigenvalue weighted by molar-refractivity contribution is 7.80. The standard InChI is InChI=1S/C15H21NO4S/c1-2-3-8-20-12-6-4-11(5-7-12)14(17)9-16-13(10-21)15(18)19/h4-7,13,16,21H,2-3,8-10H2,1H3,(H,18,19). The smallest absolute Gasteiger partial charge is 0.321 e. The molecule has 6 heteroatoms. The summed E-state index contributed by atoms with van der Waals surface area (Å²) >= 11 is 3.93. The van der Waals surface area contributed by atoms with Crippen LogP contribution in [-0.2, 0) is 4.79 Å². The molecule has 1 aromatic carbocycles. The number of ether oxygens (including phenoxy) is 1. The van der Waals surface area contributed by atoms with Crippen molar-refractivity contribution in [2.24, 2.45) is 0 Å². The summed E-state index contributed by atoms with van der Waals surface area (Å²) in [7, 11) is 0. The molecule has 0 heterocycles. The average Bonchev–Trinajstić information content (AvgIpc) is 2.48. The third-order valence-electron chi connectivity index (χ3n) is 2.93. The molecule has 0 amide bonds. The molecule has 2 N–H and O–H groups in total. The summed E-state index contributed by atoms with van der Waals surface area (Å²) in [5.74, 6) is -0.320. The van der Waals surface area contributed by atoms with Gasteiger partial charge in [-0.05, 0) is 30.7 Å². The minimum atomic E-state index is -1.02. The van der Waals surface area contributed by atoms with Crippen molar-refractivity contribution in [1.82, 2.24) is 5.32 Å². The normalized spacial score (nSPS) is 11.9. The summed E-state index contributed by atoms with van der Waals surface area (Å²) in [4.78, 5) is 22.7. The Bertz CT molecular complexity index is 461. The van der Waals surface area contributed by atoms with Crippen LogP contribution in [0.15, 0.2) is 24.3 Å².